The second kappa shape index (κ2) is 9.77. The van der Waals surface area contributed by atoms with E-state index >= 15 is 0 Å². The second-order valence-electron chi connectivity index (χ2n) is 8.00. The van der Waals surface area contributed by atoms with Crippen LogP contribution in [0.5, 0.6) is 0 Å². The van der Waals surface area contributed by atoms with Crippen LogP contribution in [0.4, 0.5) is 0 Å². The Morgan fingerprint density at radius 2 is 1.59 bits per heavy atom. The fraction of sp³-hybridized carbons (Fsp3) is 0.231. The van der Waals surface area contributed by atoms with Gasteiger partial charge in [-0.15, -0.1) is 22.7 Å². The Morgan fingerprint density at radius 1 is 0.844 bits per heavy atom. The Morgan fingerprint density at radius 3 is 2.31 bits per heavy atom. The molecular formula is C26H25N3OS2. The number of benzene rings is 2. The van der Waals surface area contributed by atoms with Crippen molar-refractivity contribution in [1.29, 1.82) is 0 Å². The van der Waals surface area contributed by atoms with Crippen LogP contribution in [0, 0.1) is 0 Å². The summed E-state index contributed by atoms with van der Waals surface area (Å²) >= 11 is 3.45. The first-order valence-electron chi connectivity index (χ1n) is 10.9. The normalized spacial score (nSPS) is 14.6. The third-order valence-corrected chi connectivity index (χ3v) is 7.55. The smallest absolute Gasteiger partial charge is 0.227 e. The van der Waals surface area contributed by atoms with Crippen molar-refractivity contribution < 1.29 is 4.79 Å². The van der Waals surface area contributed by atoms with Gasteiger partial charge >= 0.3 is 0 Å². The Kier molecular flexibility index (Phi) is 6.44. The summed E-state index contributed by atoms with van der Waals surface area (Å²) in [5.41, 5.74) is 4.53. The molecule has 4 nitrogen and oxygen atoms in total. The summed E-state index contributed by atoms with van der Waals surface area (Å²) in [5.74, 6) is 0.214. The van der Waals surface area contributed by atoms with Gasteiger partial charge in [-0.3, -0.25) is 9.69 Å². The molecule has 3 heterocycles. The molecule has 4 aromatic rings. The quantitative estimate of drug-likeness (QED) is 0.386. The number of aromatic nitrogens is 1. The summed E-state index contributed by atoms with van der Waals surface area (Å²) in [5, 5.41) is 5.37. The molecule has 0 saturated carbocycles. The zero-order valence-electron chi connectivity index (χ0n) is 17.8. The van der Waals surface area contributed by atoms with Crippen molar-refractivity contribution in [2.75, 3.05) is 26.2 Å². The van der Waals surface area contributed by atoms with E-state index in [1.165, 1.54) is 16.0 Å². The molecule has 162 valence electrons. The van der Waals surface area contributed by atoms with Crippen LogP contribution in [0.3, 0.4) is 0 Å². The zero-order valence-corrected chi connectivity index (χ0v) is 19.4. The molecule has 1 amide bonds. The van der Waals surface area contributed by atoms with E-state index in [0.717, 1.165) is 49.0 Å². The second-order valence-corrected chi connectivity index (χ2v) is 9.89. The highest BCUT2D eigenvalue weighted by Crippen LogP contribution is 2.27. The number of hydrogen-bond donors (Lipinski definition) is 0. The largest absolute Gasteiger partial charge is 0.340 e. The van der Waals surface area contributed by atoms with Gasteiger partial charge in [-0.2, -0.15) is 0 Å². The molecule has 2 aromatic carbocycles. The molecule has 5 rings (SSSR count). The highest BCUT2D eigenvalue weighted by molar-refractivity contribution is 7.14. The van der Waals surface area contributed by atoms with Crippen LogP contribution >= 0.6 is 22.7 Å². The van der Waals surface area contributed by atoms with Crippen LogP contribution in [0.1, 0.15) is 10.6 Å². The van der Waals surface area contributed by atoms with Gasteiger partial charge in [-0.1, -0.05) is 60.7 Å². The molecule has 0 spiro atoms. The minimum absolute atomic E-state index is 0.214. The van der Waals surface area contributed by atoms with Gasteiger partial charge in [0, 0.05) is 31.6 Å². The Balaban J connectivity index is 1.11. The Labute approximate surface area is 196 Å². The van der Waals surface area contributed by atoms with Crippen LogP contribution in [0.25, 0.3) is 21.7 Å². The molecule has 1 aliphatic rings. The first-order chi connectivity index (χ1) is 15.7. The maximum absolute atomic E-state index is 12.8. The number of thiophene rings is 1. The first-order valence-corrected chi connectivity index (χ1v) is 12.6. The number of hydrogen-bond acceptors (Lipinski definition) is 5. The van der Waals surface area contributed by atoms with Gasteiger partial charge in [0.05, 0.1) is 23.5 Å². The molecule has 0 N–H and O–H groups in total. The predicted molar refractivity (Wildman–Crippen MR) is 133 cm³/mol. The molecule has 0 radical (unpaired) electrons. The molecule has 0 aliphatic carbocycles. The lowest BCUT2D eigenvalue weighted by Crippen LogP contribution is -2.48. The molecule has 6 heteroatoms. The van der Waals surface area contributed by atoms with Gasteiger partial charge in [0.2, 0.25) is 5.91 Å². The molecule has 2 aromatic heterocycles. The molecule has 1 fully saturated rings. The van der Waals surface area contributed by atoms with Crippen LogP contribution in [-0.2, 0) is 17.8 Å². The van der Waals surface area contributed by atoms with Crippen molar-refractivity contribution in [2.45, 2.75) is 13.0 Å². The number of amides is 1. The summed E-state index contributed by atoms with van der Waals surface area (Å²) in [6.07, 6.45) is 0.464. The summed E-state index contributed by atoms with van der Waals surface area (Å²) in [6.45, 7) is 4.21. The number of rotatable bonds is 6. The van der Waals surface area contributed by atoms with Gasteiger partial charge < -0.3 is 4.90 Å². The summed E-state index contributed by atoms with van der Waals surface area (Å²) in [7, 11) is 0. The lowest BCUT2D eigenvalue weighted by molar-refractivity contribution is -0.132. The van der Waals surface area contributed by atoms with Crippen molar-refractivity contribution in [1.82, 2.24) is 14.8 Å². The summed E-state index contributed by atoms with van der Waals surface area (Å²) in [4.78, 5) is 23.2. The monoisotopic (exact) mass is 459 g/mol. The van der Waals surface area contributed by atoms with E-state index in [1.54, 1.807) is 22.7 Å². The van der Waals surface area contributed by atoms with E-state index in [-0.39, 0.29) is 5.91 Å². The fourth-order valence-electron chi connectivity index (χ4n) is 4.00. The van der Waals surface area contributed by atoms with Crippen molar-refractivity contribution in [3.05, 3.63) is 88.1 Å². The maximum atomic E-state index is 12.8. The highest BCUT2D eigenvalue weighted by atomic mass is 32.1. The SMILES string of the molecule is O=C(Cc1ccc(-c2ccccc2)cc1)N1CCN(Cc2nc(-c3cccs3)cs2)CC1. The summed E-state index contributed by atoms with van der Waals surface area (Å²) in [6, 6.07) is 22.9. The van der Waals surface area contributed by atoms with Crippen LogP contribution in [-0.4, -0.2) is 46.9 Å². The van der Waals surface area contributed by atoms with Crippen molar-refractivity contribution in [2.24, 2.45) is 0 Å². The molecule has 0 unspecified atom stereocenters. The summed E-state index contributed by atoms with van der Waals surface area (Å²) < 4.78 is 0. The standard InChI is InChI=1S/C26H25N3OS2/c30-26(17-20-8-10-22(11-9-20)21-5-2-1-3-6-21)29-14-12-28(13-15-29)18-25-27-23(19-32-25)24-7-4-16-31-24/h1-11,16,19H,12-15,17-18H2. The Hall–Kier alpha value is -2.80. The third-order valence-electron chi connectivity index (χ3n) is 5.83. The van der Waals surface area contributed by atoms with E-state index in [1.807, 2.05) is 23.1 Å². The van der Waals surface area contributed by atoms with Gasteiger partial charge in [0.25, 0.3) is 0 Å². The van der Waals surface area contributed by atoms with Crippen LogP contribution < -0.4 is 0 Å². The van der Waals surface area contributed by atoms with Crippen molar-refractivity contribution in [3.63, 3.8) is 0 Å². The van der Waals surface area contributed by atoms with E-state index in [0.29, 0.717) is 6.42 Å². The topological polar surface area (TPSA) is 36.4 Å². The fourth-order valence-corrected chi connectivity index (χ4v) is 5.60. The van der Waals surface area contributed by atoms with Gasteiger partial charge in [-0.05, 0) is 28.1 Å². The van der Waals surface area contributed by atoms with E-state index < -0.39 is 0 Å². The molecule has 1 aliphatic heterocycles. The molecule has 1 saturated heterocycles. The average Bonchev–Trinajstić information content (AvgIpc) is 3.53. The minimum Gasteiger partial charge on any atom is -0.340 e. The number of thiazole rings is 1. The highest BCUT2D eigenvalue weighted by Gasteiger charge is 2.22. The number of carbonyl (C=O) groups is 1. The van der Waals surface area contributed by atoms with Crippen LogP contribution in [0.2, 0.25) is 0 Å². The number of carbonyl (C=O) groups excluding carboxylic acids is 1. The number of nitrogens with zero attached hydrogens (tertiary/aromatic N) is 3. The van der Waals surface area contributed by atoms with Crippen molar-refractivity contribution in [3.8, 4) is 21.7 Å². The van der Waals surface area contributed by atoms with E-state index in [4.69, 9.17) is 4.98 Å². The molecule has 32 heavy (non-hydrogen) atoms. The van der Waals surface area contributed by atoms with Crippen molar-refractivity contribution >= 4 is 28.6 Å². The lowest BCUT2D eigenvalue weighted by Gasteiger charge is -2.34. The Bertz CT molecular complexity index is 1150. The number of piperazine rings is 1. The minimum atomic E-state index is 0.214. The average molecular weight is 460 g/mol. The lowest BCUT2D eigenvalue weighted by atomic mass is 10.0. The molecule has 0 atom stereocenters. The van der Waals surface area contributed by atoms with Gasteiger partial charge in [0.15, 0.2) is 0 Å². The third kappa shape index (κ3) is 4.99. The predicted octanol–water partition coefficient (Wildman–Crippen LogP) is 5.43. The zero-order chi connectivity index (χ0) is 21.8. The van der Waals surface area contributed by atoms with E-state index in [2.05, 4.69) is 64.2 Å². The molecule has 0 bridgehead atoms. The van der Waals surface area contributed by atoms with Crippen LogP contribution in [0.15, 0.2) is 77.5 Å². The first kappa shape index (κ1) is 21.1. The molecular weight excluding hydrogens is 434 g/mol. The van der Waals surface area contributed by atoms with E-state index in [9.17, 15) is 4.79 Å². The van der Waals surface area contributed by atoms with Gasteiger partial charge in [0.1, 0.15) is 5.01 Å². The van der Waals surface area contributed by atoms with Gasteiger partial charge in [-0.25, -0.2) is 4.98 Å². The maximum Gasteiger partial charge on any atom is 0.227 e.